The lowest BCUT2D eigenvalue weighted by molar-refractivity contribution is -0.129. The Morgan fingerprint density at radius 2 is 2.24 bits per heavy atom. The van der Waals surface area contributed by atoms with Crippen molar-refractivity contribution in [3.05, 3.63) is 18.3 Å². The molecule has 1 aromatic rings. The second kappa shape index (κ2) is 5.52. The molecule has 1 saturated heterocycles. The normalized spacial score (nSPS) is 14.9. The molecule has 2 rings (SSSR count). The van der Waals surface area contributed by atoms with Crippen molar-refractivity contribution < 1.29 is 4.79 Å². The molecule has 1 amide bonds. The predicted molar refractivity (Wildman–Crippen MR) is 67.6 cm³/mol. The van der Waals surface area contributed by atoms with Gasteiger partial charge in [-0.2, -0.15) is 0 Å². The number of pyridine rings is 1. The van der Waals surface area contributed by atoms with E-state index in [9.17, 15) is 4.79 Å². The third kappa shape index (κ3) is 3.09. The van der Waals surface area contributed by atoms with Crippen LogP contribution in [0.2, 0.25) is 0 Å². The summed E-state index contributed by atoms with van der Waals surface area (Å²) in [5.74, 6) is 0.693. The van der Waals surface area contributed by atoms with E-state index in [1.165, 1.54) is 0 Å². The lowest BCUT2D eigenvalue weighted by Gasteiger charge is -2.15. The van der Waals surface area contributed by atoms with Gasteiger partial charge in [0.2, 0.25) is 5.91 Å². The molecule has 0 spiro atoms. The van der Waals surface area contributed by atoms with Gasteiger partial charge in [0, 0.05) is 32.3 Å². The van der Waals surface area contributed by atoms with E-state index in [0.29, 0.717) is 18.8 Å². The summed E-state index contributed by atoms with van der Waals surface area (Å²) in [6, 6.07) is 3.68. The van der Waals surface area contributed by atoms with Gasteiger partial charge in [0.25, 0.3) is 0 Å². The number of anilines is 2. The van der Waals surface area contributed by atoms with Crippen LogP contribution < -0.4 is 11.1 Å². The molecular weight excluding hydrogens is 216 g/mol. The topological polar surface area (TPSA) is 71.2 Å². The van der Waals surface area contributed by atoms with Crippen LogP contribution in [0.15, 0.2) is 18.3 Å². The Bertz CT molecular complexity index is 388. The van der Waals surface area contributed by atoms with Gasteiger partial charge in [-0.1, -0.05) is 0 Å². The number of amides is 1. The Kier molecular flexibility index (Phi) is 3.80. The number of nitrogens with two attached hydrogens (primary N) is 1. The highest BCUT2D eigenvalue weighted by Gasteiger charge is 2.16. The maximum absolute atomic E-state index is 11.8. The summed E-state index contributed by atoms with van der Waals surface area (Å²) in [5, 5.41) is 3.13. The summed E-state index contributed by atoms with van der Waals surface area (Å²) in [6.07, 6.45) is 4.42. The molecule has 1 fully saturated rings. The van der Waals surface area contributed by atoms with Crippen molar-refractivity contribution in [2.24, 2.45) is 0 Å². The number of hydrogen-bond acceptors (Lipinski definition) is 4. The molecule has 92 valence electrons. The van der Waals surface area contributed by atoms with Crippen LogP contribution in [0.25, 0.3) is 0 Å². The minimum atomic E-state index is 0.220. The highest BCUT2D eigenvalue weighted by molar-refractivity contribution is 5.77. The van der Waals surface area contributed by atoms with Gasteiger partial charge >= 0.3 is 0 Å². The third-order valence-corrected chi connectivity index (χ3v) is 2.95. The van der Waals surface area contributed by atoms with Crippen LogP contribution in [0.5, 0.6) is 0 Å². The van der Waals surface area contributed by atoms with Gasteiger partial charge in [-0.25, -0.2) is 4.98 Å². The number of aromatic nitrogens is 1. The molecule has 3 N–H and O–H groups in total. The molecule has 0 radical (unpaired) electrons. The lowest BCUT2D eigenvalue weighted by Crippen LogP contribution is -2.29. The third-order valence-electron chi connectivity index (χ3n) is 2.95. The first-order valence-corrected chi connectivity index (χ1v) is 5.99. The lowest BCUT2D eigenvalue weighted by atomic mass is 10.3. The average Bonchev–Trinajstić information content (AvgIpc) is 2.85. The molecule has 5 nitrogen and oxygen atoms in total. The largest absolute Gasteiger partial charge is 0.382 e. The molecule has 1 aliphatic heterocycles. The fourth-order valence-corrected chi connectivity index (χ4v) is 2.00. The average molecular weight is 234 g/mol. The van der Waals surface area contributed by atoms with Gasteiger partial charge in [0.1, 0.15) is 5.82 Å². The van der Waals surface area contributed by atoms with Crippen LogP contribution >= 0.6 is 0 Å². The van der Waals surface area contributed by atoms with Crippen LogP contribution in [0, 0.1) is 0 Å². The van der Waals surface area contributed by atoms with E-state index in [4.69, 9.17) is 5.73 Å². The number of nitrogens with one attached hydrogen (secondary N) is 1. The van der Waals surface area contributed by atoms with Crippen molar-refractivity contribution in [3.8, 4) is 0 Å². The number of hydrogen-bond donors (Lipinski definition) is 2. The standard InChI is InChI=1S/C12H18N4O/c13-12-10(4-3-6-15-12)14-7-5-11(17)16-8-1-2-9-16/h3-4,6,14H,1-2,5,7-9H2,(H2,13,15). The molecule has 17 heavy (non-hydrogen) atoms. The minimum Gasteiger partial charge on any atom is -0.382 e. The number of likely N-dealkylation sites (tertiary alicyclic amines) is 1. The summed E-state index contributed by atoms with van der Waals surface area (Å²) in [6.45, 7) is 2.42. The zero-order valence-corrected chi connectivity index (χ0v) is 9.85. The predicted octanol–water partition coefficient (Wildman–Crippen LogP) is 1.09. The van der Waals surface area contributed by atoms with Crippen molar-refractivity contribution in [2.75, 3.05) is 30.7 Å². The zero-order valence-electron chi connectivity index (χ0n) is 9.85. The summed E-state index contributed by atoms with van der Waals surface area (Å²) in [7, 11) is 0. The van der Waals surface area contributed by atoms with E-state index in [0.717, 1.165) is 31.6 Å². The molecule has 0 saturated carbocycles. The van der Waals surface area contributed by atoms with Crippen molar-refractivity contribution >= 4 is 17.4 Å². The molecule has 0 atom stereocenters. The molecule has 0 aliphatic carbocycles. The van der Waals surface area contributed by atoms with Gasteiger partial charge < -0.3 is 16.0 Å². The first-order valence-electron chi connectivity index (χ1n) is 5.99. The summed E-state index contributed by atoms with van der Waals surface area (Å²) in [5.41, 5.74) is 6.48. The van der Waals surface area contributed by atoms with Crippen molar-refractivity contribution in [2.45, 2.75) is 19.3 Å². The van der Waals surface area contributed by atoms with Crippen LogP contribution in [-0.2, 0) is 4.79 Å². The minimum absolute atomic E-state index is 0.220. The zero-order chi connectivity index (χ0) is 12.1. The highest BCUT2D eigenvalue weighted by atomic mass is 16.2. The first kappa shape index (κ1) is 11.7. The van der Waals surface area contributed by atoms with E-state index < -0.39 is 0 Å². The molecule has 0 bridgehead atoms. The second-order valence-electron chi connectivity index (χ2n) is 4.20. The highest BCUT2D eigenvalue weighted by Crippen LogP contribution is 2.14. The Morgan fingerprint density at radius 3 is 2.94 bits per heavy atom. The van der Waals surface area contributed by atoms with E-state index >= 15 is 0 Å². The van der Waals surface area contributed by atoms with Crippen molar-refractivity contribution in [1.29, 1.82) is 0 Å². The van der Waals surface area contributed by atoms with E-state index in [2.05, 4.69) is 10.3 Å². The quantitative estimate of drug-likeness (QED) is 0.818. The fraction of sp³-hybridized carbons (Fsp3) is 0.500. The van der Waals surface area contributed by atoms with Crippen molar-refractivity contribution in [3.63, 3.8) is 0 Å². The second-order valence-corrected chi connectivity index (χ2v) is 4.20. The molecule has 2 heterocycles. The molecular formula is C12H18N4O. The van der Waals surface area contributed by atoms with Gasteiger partial charge in [0.05, 0.1) is 5.69 Å². The molecule has 1 aliphatic rings. The maximum Gasteiger partial charge on any atom is 0.224 e. The number of carbonyl (C=O) groups is 1. The molecule has 5 heteroatoms. The van der Waals surface area contributed by atoms with Crippen LogP contribution in [-0.4, -0.2) is 35.4 Å². The van der Waals surface area contributed by atoms with Gasteiger partial charge in [-0.05, 0) is 25.0 Å². The van der Waals surface area contributed by atoms with Gasteiger partial charge in [0.15, 0.2) is 0 Å². The molecule has 1 aromatic heterocycles. The van der Waals surface area contributed by atoms with Crippen LogP contribution in [0.4, 0.5) is 11.5 Å². The van der Waals surface area contributed by atoms with Crippen LogP contribution in [0.1, 0.15) is 19.3 Å². The summed E-state index contributed by atoms with van der Waals surface area (Å²) in [4.78, 5) is 17.7. The molecule has 0 aromatic carbocycles. The van der Waals surface area contributed by atoms with Crippen molar-refractivity contribution in [1.82, 2.24) is 9.88 Å². The first-order chi connectivity index (χ1) is 8.27. The number of nitrogen functional groups attached to an aromatic ring is 1. The fourth-order valence-electron chi connectivity index (χ4n) is 2.00. The SMILES string of the molecule is Nc1ncccc1NCCC(=O)N1CCCC1. The van der Waals surface area contributed by atoms with E-state index in [1.807, 2.05) is 17.0 Å². The smallest absolute Gasteiger partial charge is 0.224 e. The maximum atomic E-state index is 11.8. The van der Waals surface area contributed by atoms with Gasteiger partial charge in [-0.3, -0.25) is 4.79 Å². The van der Waals surface area contributed by atoms with E-state index in [1.54, 1.807) is 6.20 Å². The number of nitrogens with zero attached hydrogens (tertiary/aromatic N) is 2. The Hall–Kier alpha value is -1.78. The Morgan fingerprint density at radius 1 is 1.47 bits per heavy atom. The Labute approximate surface area is 101 Å². The monoisotopic (exact) mass is 234 g/mol. The van der Waals surface area contributed by atoms with E-state index in [-0.39, 0.29) is 5.91 Å². The number of carbonyl (C=O) groups excluding carboxylic acids is 1. The summed E-state index contributed by atoms with van der Waals surface area (Å²) < 4.78 is 0. The Balaban J connectivity index is 1.76. The van der Waals surface area contributed by atoms with Gasteiger partial charge in [-0.15, -0.1) is 0 Å². The van der Waals surface area contributed by atoms with Crippen LogP contribution in [0.3, 0.4) is 0 Å². The molecule has 0 unspecified atom stereocenters. The number of rotatable bonds is 4. The summed E-state index contributed by atoms with van der Waals surface area (Å²) >= 11 is 0.